The van der Waals surface area contributed by atoms with E-state index in [9.17, 15) is 13.3 Å². The average molecular weight is 450 g/mol. The van der Waals surface area contributed by atoms with E-state index in [1.54, 1.807) is 25.1 Å². The van der Waals surface area contributed by atoms with Gasteiger partial charge in [-0.15, -0.1) is 0 Å². The molecule has 0 radical (unpaired) electrons. The quantitative estimate of drug-likeness (QED) is 0.431. The highest BCUT2D eigenvalue weighted by Crippen LogP contribution is 2.39. The van der Waals surface area contributed by atoms with Crippen molar-refractivity contribution in [2.75, 3.05) is 6.16 Å². The van der Waals surface area contributed by atoms with Crippen molar-refractivity contribution in [3.05, 3.63) is 58.6 Å². The van der Waals surface area contributed by atoms with E-state index in [-0.39, 0.29) is 11.7 Å². The highest BCUT2D eigenvalue weighted by Gasteiger charge is 2.28. The van der Waals surface area contributed by atoms with Gasteiger partial charge in [0.25, 0.3) is 6.43 Å². The van der Waals surface area contributed by atoms with Crippen LogP contribution in [0.5, 0.6) is 0 Å². The van der Waals surface area contributed by atoms with Gasteiger partial charge in [0.2, 0.25) is 0 Å². The second-order valence-electron chi connectivity index (χ2n) is 7.06. The number of alkyl halides is 2. The van der Waals surface area contributed by atoms with Crippen molar-refractivity contribution in [1.82, 2.24) is 0 Å². The Morgan fingerprint density at radius 2 is 1.89 bits per heavy atom. The molecule has 0 saturated heterocycles. The molecule has 0 amide bonds. The Kier molecular flexibility index (Phi) is 8.08. The molecule has 2 aromatic rings. The summed E-state index contributed by atoms with van der Waals surface area (Å²) in [7, 11) is -4.16. The first-order chi connectivity index (χ1) is 13.0. The highest BCUT2D eigenvalue weighted by molar-refractivity contribution is 7.99. The van der Waals surface area contributed by atoms with Crippen molar-refractivity contribution in [1.29, 1.82) is 0 Å². The highest BCUT2D eigenvalue weighted by atomic mass is 35.5. The van der Waals surface area contributed by atoms with Crippen LogP contribution in [0.2, 0.25) is 5.02 Å². The van der Waals surface area contributed by atoms with Crippen LogP contribution in [-0.4, -0.2) is 21.5 Å². The molecular formula is C19H23ClF2NO3PS. The van der Waals surface area contributed by atoms with Gasteiger partial charge in [-0.1, -0.05) is 41.6 Å². The van der Waals surface area contributed by atoms with E-state index in [0.29, 0.717) is 29.2 Å². The van der Waals surface area contributed by atoms with Crippen LogP contribution < -0.4 is 5.73 Å². The number of rotatable bonds is 9. The van der Waals surface area contributed by atoms with Crippen LogP contribution in [0.4, 0.5) is 8.78 Å². The molecule has 1 unspecified atom stereocenters. The molecular weight excluding hydrogens is 427 g/mol. The summed E-state index contributed by atoms with van der Waals surface area (Å²) in [5.74, 6) is 0. The topological polar surface area (TPSA) is 83.6 Å². The molecule has 4 nitrogen and oxygen atoms in total. The molecule has 0 heterocycles. The maximum absolute atomic E-state index is 12.8. The van der Waals surface area contributed by atoms with Crippen molar-refractivity contribution in [2.24, 2.45) is 5.73 Å². The van der Waals surface area contributed by atoms with E-state index in [2.05, 4.69) is 0 Å². The van der Waals surface area contributed by atoms with Gasteiger partial charge >= 0.3 is 7.60 Å². The first-order valence-corrected chi connectivity index (χ1v) is 11.6. The molecule has 9 heteroatoms. The van der Waals surface area contributed by atoms with Crippen LogP contribution in [0.1, 0.15) is 37.3 Å². The van der Waals surface area contributed by atoms with Crippen LogP contribution in [0.25, 0.3) is 0 Å². The van der Waals surface area contributed by atoms with E-state index in [1.807, 2.05) is 12.1 Å². The Labute approximate surface area is 172 Å². The maximum Gasteiger partial charge on any atom is 0.327 e. The smallest absolute Gasteiger partial charge is 0.325 e. The minimum absolute atomic E-state index is 0.0205. The zero-order valence-corrected chi connectivity index (χ0v) is 17.8. The van der Waals surface area contributed by atoms with Gasteiger partial charge in [-0.3, -0.25) is 4.57 Å². The molecule has 2 aromatic carbocycles. The lowest BCUT2D eigenvalue weighted by molar-refractivity contribution is 0.151. The lowest BCUT2D eigenvalue weighted by Crippen LogP contribution is -2.40. The molecule has 28 heavy (non-hydrogen) atoms. The Balaban J connectivity index is 1.97. The molecule has 1 atom stereocenters. The maximum atomic E-state index is 12.8. The van der Waals surface area contributed by atoms with Crippen molar-refractivity contribution < 1.29 is 23.1 Å². The molecule has 0 saturated carbocycles. The van der Waals surface area contributed by atoms with Crippen molar-refractivity contribution in [2.45, 2.75) is 47.9 Å². The fourth-order valence-electron chi connectivity index (χ4n) is 2.88. The van der Waals surface area contributed by atoms with Crippen LogP contribution in [-0.2, 0) is 11.0 Å². The Bertz CT molecular complexity index is 861. The lowest BCUT2D eigenvalue weighted by atomic mass is 9.96. The minimum Gasteiger partial charge on any atom is -0.325 e. The van der Waals surface area contributed by atoms with Crippen LogP contribution >= 0.6 is 31.0 Å². The number of aryl methyl sites for hydroxylation is 1. The van der Waals surface area contributed by atoms with E-state index >= 15 is 0 Å². The number of nitrogens with two attached hydrogens (primary N) is 1. The summed E-state index contributed by atoms with van der Waals surface area (Å²) in [6.45, 7) is 1.63. The molecule has 2 rings (SSSR count). The van der Waals surface area contributed by atoms with E-state index in [4.69, 9.17) is 27.1 Å². The normalized spacial score (nSPS) is 14.3. The van der Waals surface area contributed by atoms with Crippen LogP contribution in [0.15, 0.2) is 52.3 Å². The van der Waals surface area contributed by atoms with Gasteiger partial charge in [-0.2, -0.15) is 0 Å². The third-order valence-corrected chi connectivity index (χ3v) is 6.60. The summed E-state index contributed by atoms with van der Waals surface area (Å²) < 4.78 is 36.8. The van der Waals surface area contributed by atoms with Gasteiger partial charge in [0.15, 0.2) is 0 Å². The van der Waals surface area contributed by atoms with Gasteiger partial charge < -0.3 is 15.5 Å². The van der Waals surface area contributed by atoms with E-state index in [0.717, 1.165) is 10.5 Å². The zero-order valence-electron chi connectivity index (χ0n) is 15.3. The first kappa shape index (κ1) is 23.3. The summed E-state index contributed by atoms with van der Waals surface area (Å²) in [5, 5.41) is 0.559. The SMILES string of the molecule is CC(N)(CCCc1ccc(Sc2cccc(C(F)F)c2)cc1Cl)CP(=O)(O)O. The second-order valence-corrected chi connectivity index (χ2v) is 10.3. The van der Waals surface area contributed by atoms with Gasteiger partial charge in [-0.05, 0) is 56.0 Å². The second kappa shape index (κ2) is 9.70. The summed E-state index contributed by atoms with van der Waals surface area (Å²) in [6, 6.07) is 11.7. The standard InChI is InChI=1S/C19H23ClF2NO3PS/c1-19(23,12-27(24,25)26)9-3-5-13-7-8-16(11-17(13)20)28-15-6-2-4-14(10-15)18(21)22/h2,4,6-8,10-11,18H,3,5,9,12,23H2,1H3,(H2,24,25,26). The third-order valence-electron chi connectivity index (χ3n) is 4.13. The fourth-order valence-corrected chi connectivity index (χ4v) is 5.24. The Hall–Kier alpha value is -0.950. The number of benzene rings is 2. The molecule has 0 aliphatic rings. The van der Waals surface area contributed by atoms with Gasteiger partial charge in [0.1, 0.15) is 0 Å². The summed E-state index contributed by atoms with van der Waals surface area (Å²) in [6.07, 6.45) is -1.16. The summed E-state index contributed by atoms with van der Waals surface area (Å²) >= 11 is 7.70. The molecule has 0 spiro atoms. The minimum atomic E-state index is -4.16. The number of hydrogen-bond acceptors (Lipinski definition) is 3. The van der Waals surface area contributed by atoms with Crippen molar-refractivity contribution in [3.8, 4) is 0 Å². The molecule has 0 bridgehead atoms. The van der Waals surface area contributed by atoms with E-state index in [1.165, 1.54) is 23.9 Å². The molecule has 0 aromatic heterocycles. The van der Waals surface area contributed by atoms with Crippen molar-refractivity contribution >= 4 is 31.0 Å². The van der Waals surface area contributed by atoms with Gasteiger partial charge in [0, 0.05) is 25.9 Å². The first-order valence-electron chi connectivity index (χ1n) is 8.63. The van der Waals surface area contributed by atoms with Crippen LogP contribution in [0, 0.1) is 0 Å². The zero-order chi connectivity index (χ0) is 20.9. The number of hydrogen-bond donors (Lipinski definition) is 3. The summed E-state index contributed by atoms with van der Waals surface area (Å²) in [5.41, 5.74) is 5.90. The third kappa shape index (κ3) is 7.82. The van der Waals surface area contributed by atoms with Gasteiger partial charge in [-0.25, -0.2) is 8.78 Å². The van der Waals surface area contributed by atoms with Crippen molar-refractivity contribution in [3.63, 3.8) is 0 Å². The van der Waals surface area contributed by atoms with E-state index < -0.39 is 19.6 Å². The predicted octanol–water partition coefficient (Wildman–Crippen LogP) is 5.65. The number of halogens is 3. The monoisotopic (exact) mass is 449 g/mol. The van der Waals surface area contributed by atoms with Crippen LogP contribution in [0.3, 0.4) is 0 Å². The average Bonchev–Trinajstić information content (AvgIpc) is 2.55. The molecule has 4 N–H and O–H groups in total. The van der Waals surface area contributed by atoms with Gasteiger partial charge in [0.05, 0.1) is 6.16 Å². The Morgan fingerprint density at radius 1 is 1.21 bits per heavy atom. The summed E-state index contributed by atoms with van der Waals surface area (Å²) in [4.78, 5) is 19.7. The lowest BCUT2D eigenvalue weighted by Gasteiger charge is -2.24. The fraction of sp³-hybridized carbons (Fsp3) is 0.368. The molecule has 0 fully saturated rings. The molecule has 0 aliphatic carbocycles. The molecule has 0 aliphatic heterocycles. The Morgan fingerprint density at radius 3 is 2.50 bits per heavy atom. The predicted molar refractivity (Wildman–Crippen MR) is 109 cm³/mol. The molecule has 154 valence electrons. The largest absolute Gasteiger partial charge is 0.327 e.